The van der Waals surface area contributed by atoms with Crippen LogP contribution in [0.25, 0.3) is 11.3 Å². The van der Waals surface area contributed by atoms with E-state index in [9.17, 15) is 5.26 Å². The molecule has 1 aromatic carbocycles. The molecular weight excluding hydrogens is 308 g/mol. The molecule has 0 spiro atoms. The zero-order valence-corrected chi connectivity index (χ0v) is 14.4. The quantitative estimate of drug-likeness (QED) is 0.843. The van der Waals surface area contributed by atoms with Gasteiger partial charge >= 0.3 is 0 Å². The molecule has 1 heterocycles. The van der Waals surface area contributed by atoms with E-state index in [4.69, 9.17) is 17.3 Å². The Morgan fingerprint density at radius 1 is 1.17 bits per heavy atom. The number of hydrogen-bond acceptors (Lipinski definition) is 3. The molecule has 4 nitrogen and oxygen atoms in total. The van der Waals surface area contributed by atoms with Gasteiger partial charge < -0.3 is 5.73 Å². The summed E-state index contributed by atoms with van der Waals surface area (Å²) in [5, 5.41) is 17.6. The minimum atomic E-state index is 0.297. The van der Waals surface area contributed by atoms with E-state index in [0.29, 0.717) is 28.2 Å². The Morgan fingerprint density at radius 2 is 1.78 bits per heavy atom. The number of nitrogens with two attached hydrogens (primary N) is 1. The number of aromatic amines is 1. The van der Waals surface area contributed by atoms with Crippen molar-refractivity contribution in [3.05, 3.63) is 40.5 Å². The third-order valence-electron chi connectivity index (χ3n) is 4.20. The summed E-state index contributed by atoms with van der Waals surface area (Å²) in [5.41, 5.74) is 9.17. The molecule has 1 aliphatic carbocycles. The molecule has 0 aliphatic heterocycles. The molecule has 0 amide bonds. The third-order valence-corrected chi connectivity index (χ3v) is 4.46. The average molecular weight is 331 g/mol. The smallest absolute Gasteiger partial charge is 0.110 e. The summed E-state index contributed by atoms with van der Waals surface area (Å²) in [5.74, 6) is 0.355. The molecule has 0 atom stereocenters. The van der Waals surface area contributed by atoms with Crippen molar-refractivity contribution in [3.63, 3.8) is 0 Å². The lowest BCUT2D eigenvalue weighted by molar-refractivity contribution is 0.390. The minimum absolute atomic E-state index is 0.297. The minimum Gasteiger partial charge on any atom is -0.328 e. The number of rotatable bonds is 2. The van der Waals surface area contributed by atoms with Crippen molar-refractivity contribution in [2.75, 3.05) is 0 Å². The first-order valence-electron chi connectivity index (χ1n) is 8.19. The van der Waals surface area contributed by atoms with Gasteiger partial charge in [-0.25, -0.2) is 0 Å². The fourth-order valence-corrected chi connectivity index (χ4v) is 3.11. The van der Waals surface area contributed by atoms with E-state index in [1.165, 1.54) is 0 Å². The summed E-state index contributed by atoms with van der Waals surface area (Å²) in [6, 6.07) is 10.0. The Labute approximate surface area is 142 Å². The number of nitrogens with one attached hydrogen (secondary N) is 1. The molecule has 1 aromatic heterocycles. The molecule has 0 unspecified atom stereocenters. The van der Waals surface area contributed by atoms with Gasteiger partial charge in [-0.3, -0.25) is 5.10 Å². The molecule has 122 valence electrons. The lowest BCUT2D eigenvalue weighted by Crippen LogP contribution is -2.26. The molecule has 5 heteroatoms. The topological polar surface area (TPSA) is 78.5 Å². The highest BCUT2D eigenvalue weighted by Gasteiger charge is 2.26. The number of aromatic nitrogens is 2. The lowest BCUT2D eigenvalue weighted by Gasteiger charge is -2.25. The molecule has 3 rings (SSSR count). The fraction of sp³-hybridized carbons (Fsp3) is 0.444. The molecule has 1 fully saturated rings. The first kappa shape index (κ1) is 17.5. The molecule has 3 N–H and O–H groups in total. The van der Waals surface area contributed by atoms with Crippen LogP contribution in [0.4, 0.5) is 0 Å². The highest BCUT2D eigenvalue weighted by molar-refractivity contribution is 6.30. The standard InChI is InChI=1S/C16H17ClN4.C2H6/c17-12-5-1-10(2-6-12)15-14(9-18)16(21-20-15)11-3-7-13(19)8-4-11;1-2/h1-2,5-6,11,13H,3-4,7-8,19H2,(H,20,21);1-2H3. The van der Waals surface area contributed by atoms with Crippen LogP contribution in [0.3, 0.4) is 0 Å². The van der Waals surface area contributed by atoms with Crippen LogP contribution in [-0.2, 0) is 0 Å². The average Bonchev–Trinajstić information content (AvgIpc) is 3.02. The third kappa shape index (κ3) is 3.93. The zero-order chi connectivity index (χ0) is 16.8. The summed E-state index contributed by atoms with van der Waals surface area (Å²) < 4.78 is 0. The largest absolute Gasteiger partial charge is 0.328 e. The normalized spacial score (nSPS) is 20.3. The number of benzene rings is 1. The summed E-state index contributed by atoms with van der Waals surface area (Å²) in [6.07, 6.45) is 4.03. The van der Waals surface area contributed by atoms with Crippen molar-refractivity contribution >= 4 is 11.6 Å². The van der Waals surface area contributed by atoms with E-state index in [2.05, 4.69) is 16.3 Å². The van der Waals surface area contributed by atoms with Crippen molar-refractivity contribution in [1.29, 1.82) is 5.26 Å². The van der Waals surface area contributed by atoms with Gasteiger partial charge in [0.15, 0.2) is 0 Å². The van der Waals surface area contributed by atoms with Gasteiger partial charge in [0.05, 0.1) is 5.69 Å². The van der Waals surface area contributed by atoms with Crippen LogP contribution in [0.15, 0.2) is 24.3 Å². The van der Waals surface area contributed by atoms with Crippen molar-refractivity contribution in [3.8, 4) is 17.3 Å². The van der Waals surface area contributed by atoms with Gasteiger partial charge in [0, 0.05) is 22.5 Å². The highest BCUT2D eigenvalue weighted by atomic mass is 35.5. The SMILES string of the molecule is CC.N#Cc1c(-c2ccc(Cl)cc2)n[nH]c1C1CCC(N)CC1. The number of H-pyrrole nitrogens is 1. The Hall–Kier alpha value is -1.83. The van der Waals surface area contributed by atoms with Crippen molar-refractivity contribution in [2.45, 2.75) is 51.5 Å². The lowest BCUT2D eigenvalue weighted by atomic mass is 9.83. The van der Waals surface area contributed by atoms with E-state index in [-0.39, 0.29) is 0 Å². The monoisotopic (exact) mass is 330 g/mol. The maximum absolute atomic E-state index is 9.53. The van der Waals surface area contributed by atoms with Gasteiger partial charge in [0.2, 0.25) is 0 Å². The number of nitrogens with zero attached hydrogens (tertiary/aromatic N) is 2. The van der Waals surface area contributed by atoms with Gasteiger partial charge in [-0.05, 0) is 37.8 Å². The van der Waals surface area contributed by atoms with E-state index in [1.807, 2.05) is 38.1 Å². The van der Waals surface area contributed by atoms with Crippen LogP contribution >= 0.6 is 11.6 Å². The molecule has 0 bridgehead atoms. The van der Waals surface area contributed by atoms with Gasteiger partial charge in [-0.1, -0.05) is 37.6 Å². The van der Waals surface area contributed by atoms with Crippen LogP contribution in [0.5, 0.6) is 0 Å². The Bertz CT molecular complexity index is 661. The Kier molecular flexibility index (Phi) is 6.20. The highest BCUT2D eigenvalue weighted by Crippen LogP contribution is 2.35. The van der Waals surface area contributed by atoms with E-state index >= 15 is 0 Å². The summed E-state index contributed by atoms with van der Waals surface area (Å²) >= 11 is 5.91. The van der Waals surface area contributed by atoms with Crippen LogP contribution in [0.1, 0.15) is 56.7 Å². The zero-order valence-electron chi connectivity index (χ0n) is 13.6. The maximum Gasteiger partial charge on any atom is 0.110 e. The molecule has 2 aromatic rings. The van der Waals surface area contributed by atoms with Crippen molar-refractivity contribution in [1.82, 2.24) is 10.2 Å². The molecule has 0 saturated heterocycles. The van der Waals surface area contributed by atoms with Gasteiger partial charge in [0.1, 0.15) is 17.3 Å². The first-order valence-corrected chi connectivity index (χ1v) is 8.56. The van der Waals surface area contributed by atoms with Gasteiger partial charge in [-0.15, -0.1) is 0 Å². The molecular formula is C18H23ClN4. The number of nitriles is 1. The van der Waals surface area contributed by atoms with E-state index in [0.717, 1.165) is 36.9 Å². The van der Waals surface area contributed by atoms with Crippen LogP contribution in [0.2, 0.25) is 5.02 Å². The fourth-order valence-electron chi connectivity index (χ4n) is 2.99. The summed E-state index contributed by atoms with van der Waals surface area (Å²) in [4.78, 5) is 0. The van der Waals surface area contributed by atoms with Gasteiger partial charge in [-0.2, -0.15) is 10.4 Å². The van der Waals surface area contributed by atoms with Crippen LogP contribution < -0.4 is 5.73 Å². The molecule has 23 heavy (non-hydrogen) atoms. The second kappa shape index (κ2) is 8.14. The maximum atomic E-state index is 9.53. The number of halogens is 1. The predicted molar refractivity (Wildman–Crippen MR) is 94.3 cm³/mol. The van der Waals surface area contributed by atoms with Crippen molar-refractivity contribution in [2.24, 2.45) is 5.73 Å². The molecule has 0 radical (unpaired) electrons. The van der Waals surface area contributed by atoms with Crippen molar-refractivity contribution < 1.29 is 0 Å². The van der Waals surface area contributed by atoms with Crippen LogP contribution in [-0.4, -0.2) is 16.2 Å². The van der Waals surface area contributed by atoms with E-state index in [1.54, 1.807) is 0 Å². The second-order valence-electron chi connectivity index (χ2n) is 5.59. The molecule has 1 saturated carbocycles. The number of hydrogen-bond donors (Lipinski definition) is 2. The molecule has 1 aliphatic rings. The summed E-state index contributed by atoms with van der Waals surface area (Å²) in [7, 11) is 0. The predicted octanol–water partition coefficient (Wildman–Crippen LogP) is 4.61. The Morgan fingerprint density at radius 3 is 2.35 bits per heavy atom. The summed E-state index contributed by atoms with van der Waals surface area (Å²) in [6.45, 7) is 4.00. The van der Waals surface area contributed by atoms with E-state index < -0.39 is 0 Å². The second-order valence-corrected chi connectivity index (χ2v) is 6.03. The first-order chi connectivity index (χ1) is 11.2. The Balaban J connectivity index is 0.000000924. The van der Waals surface area contributed by atoms with Crippen LogP contribution in [0, 0.1) is 11.3 Å². The van der Waals surface area contributed by atoms with Gasteiger partial charge in [0.25, 0.3) is 0 Å².